The van der Waals surface area contributed by atoms with Gasteiger partial charge in [-0.2, -0.15) is 0 Å². The lowest BCUT2D eigenvalue weighted by atomic mass is 9.78. The highest BCUT2D eigenvalue weighted by Gasteiger charge is 2.32. The van der Waals surface area contributed by atoms with E-state index in [-0.39, 0.29) is 5.82 Å². The lowest BCUT2D eigenvalue weighted by Gasteiger charge is -2.27. The number of aryl methyl sites for hydroxylation is 2. The van der Waals surface area contributed by atoms with E-state index >= 15 is 4.39 Å². The lowest BCUT2D eigenvalue weighted by Crippen LogP contribution is -2.30. The standard InChI is InChI=1S/C34H33FNO/c1-21-14-15-26-27-16-17-29(35)32(34(27)37-33(26)31(21)30-13-6-7-18-36(30)2)25-12-8-11-23-19-24(20-28(23)25)22-9-4-3-5-10-22/h6-8,11-18,22,24H,3-5,9-10,19-20H2,1-2H3/q+1. The number of aromatic nitrogens is 1. The summed E-state index contributed by atoms with van der Waals surface area (Å²) in [6, 6.07) is 20.5. The van der Waals surface area contributed by atoms with Crippen molar-refractivity contribution in [2.75, 3.05) is 0 Å². The average molecular weight is 491 g/mol. The molecule has 0 bridgehead atoms. The molecule has 186 valence electrons. The number of halogens is 1. The summed E-state index contributed by atoms with van der Waals surface area (Å²) >= 11 is 0. The molecule has 2 aliphatic carbocycles. The van der Waals surface area contributed by atoms with Crippen molar-refractivity contribution in [3.05, 3.63) is 89.4 Å². The average Bonchev–Trinajstić information content (AvgIpc) is 3.52. The van der Waals surface area contributed by atoms with Crippen molar-refractivity contribution in [1.82, 2.24) is 0 Å². The molecule has 1 atom stereocenters. The molecule has 1 saturated carbocycles. The number of pyridine rings is 1. The highest BCUT2D eigenvalue weighted by Crippen LogP contribution is 2.46. The molecule has 3 heteroatoms. The van der Waals surface area contributed by atoms with Gasteiger partial charge in [-0.25, -0.2) is 8.96 Å². The first-order chi connectivity index (χ1) is 18.1. The monoisotopic (exact) mass is 490 g/mol. The molecule has 2 heterocycles. The second-order valence-electron chi connectivity index (χ2n) is 11.2. The molecule has 0 radical (unpaired) electrons. The second-order valence-corrected chi connectivity index (χ2v) is 11.2. The van der Waals surface area contributed by atoms with E-state index in [0.717, 1.165) is 57.5 Å². The van der Waals surface area contributed by atoms with Crippen LogP contribution in [0.1, 0.15) is 48.8 Å². The third-order valence-electron chi connectivity index (χ3n) is 9.09. The zero-order valence-electron chi connectivity index (χ0n) is 21.7. The molecule has 5 aromatic rings. The Kier molecular flexibility index (Phi) is 5.42. The number of fused-ring (bicyclic) bond motifs is 4. The zero-order valence-corrected chi connectivity index (χ0v) is 21.7. The molecule has 0 saturated heterocycles. The number of rotatable bonds is 3. The van der Waals surface area contributed by atoms with Gasteiger partial charge in [-0.1, -0.05) is 62.4 Å². The van der Waals surface area contributed by atoms with Crippen LogP contribution in [0.5, 0.6) is 0 Å². The molecule has 0 amide bonds. The predicted molar refractivity (Wildman–Crippen MR) is 148 cm³/mol. The quantitative estimate of drug-likeness (QED) is 0.232. The summed E-state index contributed by atoms with van der Waals surface area (Å²) in [4.78, 5) is 0. The molecule has 1 fully saturated rings. The number of hydrogen-bond donors (Lipinski definition) is 0. The molecule has 0 aliphatic heterocycles. The van der Waals surface area contributed by atoms with Gasteiger partial charge in [0.2, 0.25) is 5.69 Å². The maximum atomic E-state index is 15.8. The number of benzene rings is 3. The van der Waals surface area contributed by atoms with E-state index < -0.39 is 0 Å². The Morgan fingerprint density at radius 2 is 1.57 bits per heavy atom. The SMILES string of the molecule is Cc1ccc2c(oc3c(-c4cccc5c4CC(C4CCCCC4)C5)c(F)ccc32)c1-c1cccc[n+]1C. The van der Waals surface area contributed by atoms with Gasteiger partial charge in [0, 0.05) is 22.9 Å². The minimum absolute atomic E-state index is 0.204. The normalized spacial score (nSPS) is 18.1. The Morgan fingerprint density at radius 1 is 0.784 bits per heavy atom. The van der Waals surface area contributed by atoms with Crippen LogP contribution in [0.25, 0.3) is 44.3 Å². The van der Waals surface area contributed by atoms with E-state index in [4.69, 9.17) is 4.42 Å². The summed E-state index contributed by atoms with van der Waals surface area (Å²) in [6.45, 7) is 2.12. The molecule has 0 spiro atoms. The largest absolute Gasteiger partial charge is 0.454 e. The van der Waals surface area contributed by atoms with Crippen LogP contribution in [-0.4, -0.2) is 0 Å². The first-order valence-electron chi connectivity index (χ1n) is 13.8. The molecular weight excluding hydrogens is 457 g/mol. The molecule has 2 aliphatic rings. The van der Waals surface area contributed by atoms with Crippen LogP contribution in [0.4, 0.5) is 4.39 Å². The minimum atomic E-state index is -0.204. The molecular formula is C34H33FNO+. The van der Waals surface area contributed by atoms with Gasteiger partial charge >= 0.3 is 0 Å². The fourth-order valence-corrected chi connectivity index (χ4v) is 7.19. The summed E-state index contributed by atoms with van der Waals surface area (Å²) in [5.74, 6) is 1.28. The van der Waals surface area contributed by atoms with Crippen LogP contribution in [0.15, 0.2) is 71.3 Å². The van der Waals surface area contributed by atoms with Crippen LogP contribution in [-0.2, 0) is 19.9 Å². The van der Waals surface area contributed by atoms with Crippen LogP contribution in [0.3, 0.4) is 0 Å². The maximum absolute atomic E-state index is 15.8. The number of nitrogens with zero attached hydrogens (tertiary/aromatic N) is 1. The molecule has 37 heavy (non-hydrogen) atoms. The van der Waals surface area contributed by atoms with E-state index in [9.17, 15) is 0 Å². The Hall–Kier alpha value is -3.46. The second kappa shape index (κ2) is 8.83. The highest BCUT2D eigenvalue weighted by atomic mass is 19.1. The third-order valence-corrected chi connectivity index (χ3v) is 9.09. The highest BCUT2D eigenvalue weighted by molar-refractivity contribution is 6.13. The van der Waals surface area contributed by atoms with E-state index in [1.54, 1.807) is 6.07 Å². The summed E-state index contributed by atoms with van der Waals surface area (Å²) < 4.78 is 24.6. The third kappa shape index (κ3) is 3.62. The van der Waals surface area contributed by atoms with Gasteiger partial charge in [0.25, 0.3) is 0 Å². The fraction of sp³-hybridized carbons (Fsp3) is 0.324. The summed E-state index contributed by atoms with van der Waals surface area (Å²) in [7, 11) is 2.05. The summed E-state index contributed by atoms with van der Waals surface area (Å²) in [5.41, 5.74) is 9.15. The van der Waals surface area contributed by atoms with Crippen molar-refractivity contribution < 1.29 is 13.4 Å². The maximum Gasteiger partial charge on any atom is 0.216 e. The first-order valence-corrected chi connectivity index (χ1v) is 13.8. The lowest BCUT2D eigenvalue weighted by molar-refractivity contribution is -0.660. The van der Waals surface area contributed by atoms with E-state index in [1.165, 1.54) is 43.2 Å². The van der Waals surface area contributed by atoms with Crippen LogP contribution in [0.2, 0.25) is 0 Å². The predicted octanol–water partition coefficient (Wildman–Crippen LogP) is 8.49. The van der Waals surface area contributed by atoms with Crippen LogP contribution >= 0.6 is 0 Å². The van der Waals surface area contributed by atoms with Gasteiger partial charge in [0.15, 0.2) is 6.20 Å². The Balaban J connectivity index is 1.42. The van der Waals surface area contributed by atoms with Gasteiger partial charge in [0.05, 0.1) is 11.1 Å². The summed E-state index contributed by atoms with van der Waals surface area (Å²) in [6.07, 6.45) is 11.0. The minimum Gasteiger partial charge on any atom is -0.454 e. The van der Waals surface area contributed by atoms with Crippen molar-refractivity contribution in [3.8, 4) is 22.4 Å². The molecule has 7 rings (SSSR count). The van der Waals surface area contributed by atoms with E-state index in [2.05, 4.69) is 67.2 Å². The van der Waals surface area contributed by atoms with Crippen molar-refractivity contribution in [2.45, 2.75) is 51.9 Å². The van der Waals surface area contributed by atoms with Crippen LogP contribution < -0.4 is 4.57 Å². The fourth-order valence-electron chi connectivity index (χ4n) is 7.19. The van der Waals surface area contributed by atoms with Crippen molar-refractivity contribution >= 4 is 21.9 Å². The zero-order chi connectivity index (χ0) is 25.1. The van der Waals surface area contributed by atoms with Gasteiger partial charge < -0.3 is 4.42 Å². The number of furan rings is 1. The van der Waals surface area contributed by atoms with Gasteiger partial charge in [-0.15, -0.1) is 0 Å². The Labute approximate surface area is 217 Å². The molecule has 3 aromatic carbocycles. The van der Waals surface area contributed by atoms with Crippen LogP contribution in [0, 0.1) is 24.6 Å². The van der Waals surface area contributed by atoms with Crippen molar-refractivity contribution in [2.24, 2.45) is 18.9 Å². The van der Waals surface area contributed by atoms with E-state index in [0.29, 0.717) is 17.1 Å². The molecule has 0 N–H and O–H groups in total. The smallest absolute Gasteiger partial charge is 0.216 e. The molecule has 1 unspecified atom stereocenters. The molecule has 2 aromatic heterocycles. The Bertz CT molecular complexity index is 1660. The molecule has 2 nitrogen and oxygen atoms in total. The van der Waals surface area contributed by atoms with Crippen molar-refractivity contribution in [1.29, 1.82) is 0 Å². The Morgan fingerprint density at radius 3 is 2.38 bits per heavy atom. The summed E-state index contributed by atoms with van der Waals surface area (Å²) in [5, 5.41) is 2.01. The van der Waals surface area contributed by atoms with Gasteiger partial charge in [-0.3, -0.25) is 0 Å². The van der Waals surface area contributed by atoms with E-state index in [1.807, 2.05) is 12.1 Å². The number of hydrogen-bond acceptors (Lipinski definition) is 1. The first kappa shape index (κ1) is 22.7. The topological polar surface area (TPSA) is 17.0 Å². The van der Waals surface area contributed by atoms with Crippen molar-refractivity contribution in [3.63, 3.8) is 0 Å². The van der Waals surface area contributed by atoms with Gasteiger partial charge in [-0.05, 0) is 72.1 Å². The van der Waals surface area contributed by atoms with Gasteiger partial charge in [0.1, 0.15) is 24.0 Å².